The molecule has 1 aliphatic rings. The Morgan fingerprint density at radius 2 is 1.84 bits per heavy atom. The number of hydrogen-bond acceptors (Lipinski definition) is 3. The molecule has 0 fully saturated rings. The largest absolute Gasteiger partial charge is 0.482 e. The molecule has 0 radical (unpaired) electrons. The van der Waals surface area contributed by atoms with E-state index in [1.54, 1.807) is 30.4 Å². The number of ketones is 1. The predicted molar refractivity (Wildman–Crippen MR) is 99.1 cm³/mol. The summed E-state index contributed by atoms with van der Waals surface area (Å²) in [5.41, 5.74) is 3.36. The van der Waals surface area contributed by atoms with Crippen molar-refractivity contribution in [2.24, 2.45) is 0 Å². The summed E-state index contributed by atoms with van der Waals surface area (Å²) in [5.74, 6) is 0.243. The zero-order valence-electron chi connectivity index (χ0n) is 14.6. The summed E-state index contributed by atoms with van der Waals surface area (Å²) in [6.45, 7) is 6.50. The fourth-order valence-corrected chi connectivity index (χ4v) is 2.60. The first-order valence-electron chi connectivity index (χ1n) is 8.22. The molecule has 1 N–H and O–H groups in total. The number of carbonyl (C=O) groups is 2. The molecule has 0 bridgehead atoms. The molecule has 2 aromatic rings. The monoisotopic (exact) mass is 335 g/mol. The number of anilines is 1. The van der Waals surface area contributed by atoms with Crippen LogP contribution in [0.3, 0.4) is 0 Å². The highest BCUT2D eigenvalue weighted by Gasteiger charge is 2.17. The van der Waals surface area contributed by atoms with E-state index in [1.807, 2.05) is 12.1 Å². The molecule has 0 aromatic heterocycles. The minimum atomic E-state index is -0.216. The summed E-state index contributed by atoms with van der Waals surface area (Å²) in [7, 11) is 0. The van der Waals surface area contributed by atoms with Crippen LogP contribution < -0.4 is 10.1 Å². The molecule has 1 aliphatic heterocycles. The molecule has 3 rings (SSSR count). The Kier molecular flexibility index (Phi) is 4.45. The number of fused-ring (bicyclic) bond motifs is 1. The van der Waals surface area contributed by atoms with Crippen LogP contribution in [0.2, 0.25) is 0 Å². The lowest BCUT2D eigenvalue weighted by Gasteiger charge is -2.18. The number of amides is 1. The zero-order valence-corrected chi connectivity index (χ0v) is 14.6. The Morgan fingerprint density at radius 3 is 2.52 bits per heavy atom. The summed E-state index contributed by atoms with van der Waals surface area (Å²) >= 11 is 0. The Labute approximate surface area is 147 Å². The van der Waals surface area contributed by atoms with E-state index in [9.17, 15) is 9.59 Å². The van der Waals surface area contributed by atoms with Crippen LogP contribution >= 0.6 is 0 Å². The lowest BCUT2D eigenvalue weighted by atomic mass is 9.87. The smallest absolute Gasteiger partial charge is 0.262 e. The number of hydrogen-bond donors (Lipinski definition) is 1. The SMILES string of the molecule is CC(C)(C)c1ccc(/C=C/C(=O)c2ccc3c(c2)NC(=O)CO3)cc1. The van der Waals surface area contributed by atoms with E-state index >= 15 is 0 Å². The number of allylic oxidation sites excluding steroid dienone is 1. The third-order valence-corrected chi connectivity index (χ3v) is 4.10. The molecule has 0 saturated carbocycles. The fourth-order valence-electron chi connectivity index (χ4n) is 2.60. The summed E-state index contributed by atoms with van der Waals surface area (Å²) in [4.78, 5) is 23.8. The van der Waals surface area contributed by atoms with E-state index in [1.165, 1.54) is 5.56 Å². The summed E-state index contributed by atoms with van der Waals surface area (Å²) in [5, 5.41) is 2.71. The topological polar surface area (TPSA) is 55.4 Å². The minimum absolute atomic E-state index is 0.00472. The maximum atomic E-state index is 12.4. The third-order valence-electron chi connectivity index (χ3n) is 4.10. The van der Waals surface area contributed by atoms with Gasteiger partial charge in [0.25, 0.3) is 5.91 Å². The van der Waals surface area contributed by atoms with Crippen LogP contribution in [0.5, 0.6) is 5.75 Å². The van der Waals surface area contributed by atoms with Gasteiger partial charge in [0.15, 0.2) is 12.4 Å². The van der Waals surface area contributed by atoms with Gasteiger partial charge in [-0.25, -0.2) is 0 Å². The fraction of sp³-hybridized carbons (Fsp3) is 0.238. The van der Waals surface area contributed by atoms with Crippen LogP contribution in [-0.2, 0) is 10.2 Å². The lowest BCUT2D eigenvalue weighted by Crippen LogP contribution is -2.25. The van der Waals surface area contributed by atoms with Crippen molar-refractivity contribution in [3.63, 3.8) is 0 Å². The summed E-state index contributed by atoms with van der Waals surface area (Å²) < 4.78 is 5.30. The highest BCUT2D eigenvalue weighted by Crippen LogP contribution is 2.28. The first-order valence-corrected chi connectivity index (χ1v) is 8.22. The molecule has 2 aromatic carbocycles. The van der Waals surface area contributed by atoms with Gasteiger partial charge in [0.05, 0.1) is 5.69 Å². The van der Waals surface area contributed by atoms with Gasteiger partial charge in [0.1, 0.15) is 5.75 Å². The first-order chi connectivity index (χ1) is 11.8. The molecule has 4 nitrogen and oxygen atoms in total. The van der Waals surface area contributed by atoms with E-state index in [0.29, 0.717) is 17.0 Å². The van der Waals surface area contributed by atoms with Crippen LogP contribution in [0.25, 0.3) is 6.08 Å². The van der Waals surface area contributed by atoms with Crippen LogP contribution in [0.1, 0.15) is 42.3 Å². The van der Waals surface area contributed by atoms with Crippen LogP contribution in [0.4, 0.5) is 5.69 Å². The summed E-state index contributed by atoms with van der Waals surface area (Å²) in [6, 6.07) is 13.2. The van der Waals surface area contributed by atoms with Gasteiger partial charge in [-0.2, -0.15) is 0 Å². The molecule has 0 saturated heterocycles. The second-order valence-electron chi connectivity index (χ2n) is 7.12. The average Bonchev–Trinajstić information content (AvgIpc) is 2.58. The molecular weight excluding hydrogens is 314 g/mol. The molecule has 4 heteroatoms. The van der Waals surface area contributed by atoms with Crippen molar-refractivity contribution in [2.75, 3.05) is 11.9 Å². The van der Waals surface area contributed by atoms with Crippen molar-refractivity contribution >= 4 is 23.5 Å². The molecule has 0 spiro atoms. The number of carbonyl (C=O) groups excluding carboxylic acids is 2. The quantitative estimate of drug-likeness (QED) is 0.675. The molecule has 128 valence electrons. The maximum absolute atomic E-state index is 12.4. The standard InChI is InChI=1S/C21H21NO3/c1-21(2,3)16-8-4-14(5-9-16)6-10-18(23)15-7-11-19-17(12-15)22-20(24)13-25-19/h4-12H,13H2,1-3H3,(H,22,24)/b10-6+. The molecule has 0 aliphatic carbocycles. The van der Waals surface area contributed by atoms with E-state index in [4.69, 9.17) is 4.74 Å². The third kappa shape index (κ3) is 3.97. The molecule has 0 atom stereocenters. The number of nitrogens with one attached hydrogen (secondary N) is 1. The maximum Gasteiger partial charge on any atom is 0.262 e. The molecule has 1 heterocycles. The normalized spacial score (nSPS) is 14.0. The zero-order chi connectivity index (χ0) is 18.0. The van der Waals surface area contributed by atoms with Gasteiger partial charge in [-0.3, -0.25) is 9.59 Å². The van der Waals surface area contributed by atoms with Crippen molar-refractivity contribution in [3.05, 3.63) is 65.2 Å². The minimum Gasteiger partial charge on any atom is -0.482 e. The Morgan fingerprint density at radius 1 is 1.12 bits per heavy atom. The van der Waals surface area contributed by atoms with Gasteiger partial charge in [0, 0.05) is 5.56 Å². The Bertz CT molecular complexity index is 842. The molecule has 25 heavy (non-hydrogen) atoms. The van der Waals surface area contributed by atoms with Crippen molar-refractivity contribution < 1.29 is 14.3 Å². The van der Waals surface area contributed by atoms with Gasteiger partial charge in [-0.15, -0.1) is 0 Å². The van der Waals surface area contributed by atoms with Crippen LogP contribution in [0.15, 0.2) is 48.5 Å². The van der Waals surface area contributed by atoms with Gasteiger partial charge < -0.3 is 10.1 Å². The van der Waals surface area contributed by atoms with Gasteiger partial charge >= 0.3 is 0 Å². The molecular formula is C21H21NO3. The second-order valence-corrected chi connectivity index (χ2v) is 7.12. The summed E-state index contributed by atoms with van der Waals surface area (Å²) in [6.07, 6.45) is 3.34. The number of ether oxygens (including phenoxy) is 1. The lowest BCUT2D eigenvalue weighted by molar-refractivity contribution is -0.118. The molecule has 0 unspecified atom stereocenters. The average molecular weight is 335 g/mol. The number of benzene rings is 2. The van der Waals surface area contributed by atoms with E-state index in [2.05, 4.69) is 38.2 Å². The Hall–Kier alpha value is -2.88. The van der Waals surface area contributed by atoms with E-state index in [-0.39, 0.29) is 23.7 Å². The molecule has 1 amide bonds. The second kappa shape index (κ2) is 6.55. The van der Waals surface area contributed by atoms with Crippen molar-refractivity contribution in [2.45, 2.75) is 26.2 Å². The van der Waals surface area contributed by atoms with Crippen molar-refractivity contribution in [1.29, 1.82) is 0 Å². The van der Waals surface area contributed by atoms with Crippen molar-refractivity contribution in [3.8, 4) is 5.75 Å². The highest BCUT2D eigenvalue weighted by atomic mass is 16.5. The van der Waals surface area contributed by atoms with E-state index in [0.717, 1.165) is 5.56 Å². The highest BCUT2D eigenvalue weighted by molar-refractivity contribution is 6.08. The van der Waals surface area contributed by atoms with Gasteiger partial charge in [-0.05, 0) is 40.8 Å². The van der Waals surface area contributed by atoms with Crippen molar-refractivity contribution in [1.82, 2.24) is 0 Å². The first kappa shape index (κ1) is 17.0. The van der Waals surface area contributed by atoms with Crippen LogP contribution in [0, 0.1) is 0 Å². The van der Waals surface area contributed by atoms with Crippen LogP contribution in [-0.4, -0.2) is 18.3 Å². The Balaban J connectivity index is 1.75. The number of rotatable bonds is 3. The van der Waals surface area contributed by atoms with Gasteiger partial charge in [0.2, 0.25) is 0 Å². The van der Waals surface area contributed by atoms with E-state index < -0.39 is 0 Å². The predicted octanol–water partition coefficient (Wildman–Crippen LogP) is 4.21. The van der Waals surface area contributed by atoms with Gasteiger partial charge in [-0.1, -0.05) is 51.1 Å².